The number of fused-ring (bicyclic) bond motifs is 10. The van der Waals surface area contributed by atoms with Crippen molar-refractivity contribution in [2.45, 2.75) is 129 Å². The van der Waals surface area contributed by atoms with Gasteiger partial charge in [-0.15, -0.1) is 10.2 Å². The Morgan fingerprint density at radius 3 is 1.30 bits per heavy atom. The maximum atomic E-state index is 13.6. The number of anilines is 2. The van der Waals surface area contributed by atoms with Gasteiger partial charge in [-0.25, -0.2) is 19.0 Å². The van der Waals surface area contributed by atoms with Gasteiger partial charge in [-0.05, 0) is 101 Å². The van der Waals surface area contributed by atoms with E-state index in [9.17, 15) is 28.8 Å². The number of nitrogens with zero attached hydrogens (tertiary/aromatic N) is 8. The molecule has 0 saturated heterocycles. The molecule has 0 saturated carbocycles. The molecule has 22 nitrogen and oxygen atoms in total. The van der Waals surface area contributed by atoms with E-state index in [1.54, 1.807) is 37.6 Å². The third-order valence-corrected chi connectivity index (χ3v) is 16.9. The van der Waals surface area contributed by atoms with Gasteiger partial charge in [-0.1, -0.05) is 158 Å². The first-order chi connectivity index (χ1) is 45.9. The Bertz CT molecular complexity index is 3900. The molecule has 0 radical (unpaired) electrons. The van der Waals surface area contributed by atoms with E-state index >= 15 is 0 Å². The second kappa shape index (κ2) is 34.0. The van der Waals surface area contributed by atoms with Crippen molar-refractivity contribution in [3.05, 3.63) is 168 Å². The number of likely N-dealkylation sites (N-methyl/N-ethyl adjacent to an activating group) is 4. The lowest BCUT2D eigenvalue weighted by Crippen LogP contribution is -2.41. The van der Waals surface area contributed by atoms with Gasteiger partial charge in [0.1, 0.15) is 36.0 Å². The van der Waals surface area contributed by atoms with Gasteiger partial charge in [0.15, 0.2) is 0 Å². The quantitative estimate of drug-likeness (QED) is 0.0276. The predicted octanol–water partition coefficient (Wildman–Crippen LogP) is 10.7. The van der Waals surface area contributed by atoms with Gasteiger partial charge in [0.2, 0.25) is 23.6 Å². The zero-order valence-corrected chi connectivity index (χ0v) is 54.6. The highest BCUT2D eigenvalue weighted by Crippen LogP contribution is 2.44. The summed E-state index contributed by atoms with van der Waals surface area (Å²) in [4.78, 5) is 79.8. The molecule has 0 bridgehead atoms. The molecule has 6 N–H and O–H groups in total. The van der Waals surface area contributed by atoms with E-state index in [-0.39, 0.29) is 48.9 Å². The number of hydrogen-bond acceptors (Lipinski definition) is 14. The maximum absolute atomic E-state index is 13.6. The number of unbranched alkanes of at least 4 members (excludes halogenated alkanes) is 4. The fourth-order valence-electron chi connectivity index (χ4n) is 11.8. The van der Waals surface area contributed by atoms with E-state index < -0.39 is 12.2 Å². The Morgan fingerprint density at radius 1 is 0.447 bits per heavy atom. The van der Waals surface area contributed by atoms with Gasteiger partial charge < -0.3 is 51.2 Å². The van der Waals surface area contributed by atoms with Crippen molar-refractivity contribution in [3.63, 3.8) is 0 Å². The summed E-state index contributed by atoms with van der Waals surface area (Å²) in [6.07, 6.45) is 7.73. The van der Waals surface area contributed by atoms with E-state index in [4.69, 9.17) is 9.47 Å². The number of ether oxygens (including phenoxy) is 2. The van der Waals surface area contributed by atoms with Crippen molar-refractivity contribution in [2.75, 3.05) is 51.1 Å². The van der Waals surface area contributed by atoms with Crippen molar-refractivity contribution >= 4 is 47.2 Å². The van der Waals surface area contributed by atoms with Gasteiger partial charge in [0.25, 0.3) is 0 Å². The van der Waals surface area contributed by atoms with Crippen LogP contribution in [0.5, 0.6) is 0 Å². The predicted molar refractivity (Wildman–Crippen MR) is 364 cm³/mol. The van der Waals surface area contributed by atoms with Crippen LogP contribution in [-0.4, -0.2) is 119 Å². The highest BCUT2D eigenvalue weighted by Gasteiger charge is 2.32. The Balaban J connectivity index is 0.000000221. The summed E-state index contributed by atoms with van der Waals surface area (Å²) in [6, 6.07) is 46.5. The third-order valence-electron chi connectivity index (χ3n) is 16.9. The monoisotopic (exact) mass is 1270 g/mol. The fraction of sp³-hybridized carbons (Fsp3) is 0.361. The summed E-state index contributed by atoms with van der Waals surface area (Å²) in [5, 5.41) is 35.6. The number of hydrogen-bond donors (Lipinski definition) is 6. The number of carbonyl (C=O) groups excluding carboxylic acids is 6. The highest BCUT2D eigenvalue weighted by atomic mass is 16.6. The molecule has 2 atom stereocenters. The molecule has 6 amide bonds. The lowest BCUT2D eigenvalue weighted by molar-refractivity contribution is -0.123. The number of alkyl carbamates (subject to hydrolysis) is 2. The molecule has 0 spiro atoms. The van der Waals surface area contributed by atoms with Crippen LogP contribution >= 0.6 is 0 Å². The van der Waals surface area contributed by atoms with Gasteiger partial charge >= 0.3 is 12.2 Å². The average Bonchev–Trinajstić information content (AvgIpc) is 1.50. The molecule has 10 rings (SSSR count). The minimum atomic E-state index is -0.523. The molecule has 22 heteroatoms. The van der Waals surface area contributed by atoms with Gasteiger partial charge in [0, 0.05) is 73.4 Å². The Labute approximate surface area is 549 Å². The largest absolute Gasteiger partial charge is 0.445 e. The van der Waals surface area contributed by atoms with Gasteiger partial charge in [-0.3, -0.25) is 19.2 Å². The number of amides is 6. The molecule has 0 unspecified atom stereocenters. The van der Waals surface area contributed by atoms with Crippen LogP contribution in [0.15, 0.2) is 146 Å². The molecule has 0 aliphatic carbocycles. The van der Waals surface area contributed by atoms with Crippen molar-refractivity contribution in [1.29, 1.82) is 0 Å². The lowest BCUT2D eigenvalue weighted by atomic mass is 9.95. The van der Waals surface area contributed by atoms with E-state index in [0.29, 0.717) is 70.4 Å². The second-order valence-corrected chi connectivity index (χ2v) is 23.1. The lowest BCUT2D eigenvalue weighted by Gasteiger charge is -2.29. The molecule has 0 fully saturated rings. The van der Waals surface area contributed by atoms with Crippen molar-refractivity contribution in [3.8, 4) is 56.4 Å². The van der Waals surface area contributed by atoms with E-state index in [0.717, 1.165) is 123 Å². The van der Waals surface area contributed by atoms with Crippen molar-refractivity contribution < 1.29 is 38.2 Å². The van der Waals surface area contributed by atoms with E-state index in [2.05, 4.69) is 66.4 Å². The minimum absolute atomic E-state index is 0.0228. The maximum Gasteiger partial charge on any atom is 0.407 e. The normalized spacial score (nSPS) is 12.5. The second-order valence-electron chi connectivity index (χ2n) is 23.1. The number of para-hydroxylation sites is 4. The first kappa shape index (κ1) is 68.3. The number of benzene rings is 6. The molecule has 8 aromatic rings. The molecule has 492 valence electrons. The van der Waals surface area contributed by atoms with E-state index in [1.165, 1.54) is 0 Å². The zero-order chi connectivity index (χ0) is 66.3. The third kappa shape index (κ3) is 16.6. The molecule has 2 aromatic heterocycles. The number of carbonyl (C=O) groups is 6. The van der Waals surface area contributed by atoms with Gasteiger partial charge in [-0.2, -0.15) is 0 Å². The number of aromatic nitrogens is 6. The van der Waals surface area contributed by atoms with Crippen LogP contribution < -0.4 is 41.7 Å². The first-order valence-electron chi connectivity index (χ1n) is 32.6. The zero-order valence-electron chi connectivity index (χ0n) is 54.6. The standard InChI is InChI=1S/2C36H43N7O4/c1-4-5-21-32(44)42-23-25-14-6-8-16-27(25)34-33(28-17-9-11-20-31(28)42)40-41-43(34)30-19-10-7-15-26(30)24-47-36(46)39-22-13-12-18-29(37-2)35(45)38-3;1-4-5-21-32(44)42-23-25-14-6-8-16-27(25)33-34(28-17-9-11-20-31(28)42)43(41-40-33)30-19-10-7-15-26(30)24-47-36(46)39-22-13-12-18-29(37-2)35(45)38-3/h2*6-11,14-17,19-20,29,37H,4-5,12-13,18,21-24H2,1-3H3,(H,38,45)(H,39,46)/t2*29-/m00/s1. The van der Waals surface area contributed by atoms with Gasteiger partial charge in [0.05, 0.1) is 47.9 Å². The molecule has 4 heterocycles. The Hall–Kier alpha value is -10.1. The summed E-state index contributed by atoms with van der Waals surface area (Å²) in [6.45, 7) is 5.96. The van der Waals surface area contributed by atoms with Crippen LogP contribution in [-0.2, 0) is 55.0 Å². The Kier molecular flexibility index (Phi) is 24.7. The topological polar surface area (TPSA) is 261 Å². The summed E-state index contributed by atoms with van der Waals surface area (Å²) in [5.41, 5.74) is 13.0. The fourth-order valence-corrected chi connectivity index (χ4v) is 11.8. The molecule has 2 aliphatic heterocycles. The number of nitrogens with one attached hydrogen (secondary N) is 6. The van der Waals surface area contributed by atoms with Crippen LogP contribution in [0.25, 0.3) is 56.4 Å². The summed E-state index contributed by atoms with van der Waals surface area (Å²) >= 11 is 0. The summed E-state index contributed by atoms with van der Waals surface area (Å²) < 4.78 is 14.8. The smallest absolute Gasteiger partial charge is 0.407 e. The SMILES string of the molecule is CCCCC(=O)N1Cc2ccccc2-c2c(nnn2-c2ccccc2COC(=O)NCCCC[C@H](NC)C(=O)NC)-c2ccccc21.CCCCC(=O)N1Cc2ccccc2-c2nnn(-c3ccccc3COC(=O)NCCCC[C@H](NC)C(=O)NC)c2-c2ccccc21. The minimum Gasteiger partial charge on any atom is -0.445 e. The average molecular weight is 1280 g/mol. The molecule has 2 aliphatic rings. The van der Waals surface area contributed by atoms with Crippen LogP contribution in [0, 0.1) is 0 Å². The molecule has 6 aromatic carbocycles. The highest BCUT2D eigenvalue weighted by molar-refractivity contribution is 6.02. The molecule has 94 heavy (non-hydrogen) atoms. The number of rotatable bonds is 26. The van der Waals surface area contributed by atoms with Crippen LogP contribution in [0.1, 0.15) is 113 Å². The van der Waals surface area contributed by atoms with Crippen LogP contribution in [0.2, 0.25) is 0 Å². The van der Waals surface area contributed by atoms with Crippen LogP contribution in [0.3, 0.4) is 0 Å². The molecular weight excluding hydrogens is 1190 g/mol. The first-order valence-corrected chi connectivity index (χ1v) is 32.6. The summed E-state index contributed by atoms with van der Waals surface area (Å²) in [7, 11) is 6.75. The molecular formula is C72H86N14O8. The Morgan fingerprint density at radius 2 is 0.830 bits per heavy atom. The van der Waals surface area contributed by atoms with E-state index in [1.807, 2.05) is 155 Å². The summed E-state index contributed by atoms with van der Waals surface area (Å²) in [5.74, 6) is 0.0517. The van der Waals surface area contributed by atoms with Crippen LogP contribution in [0.4, 0.5) is 21.0 Å². The van der Waals surface area contributed by atoms with Crippen molar-refractivity contribution in [2.24, 2.45) is 0 Å². The van der Waals surface area contributed by atoms with Crippen molar-refractivity contribution in [1.82, 2.24) is 61.9 Å².